The van der Waals surface area contributed by atoms with E-state index in [0.29, 0.717) is 17.1 Å². The molecule has 3 rings (SSSR count). The van der Waals surface area contributed by atoms with Crippen molar-refractivity contribution in [3.63, 3.8) is 0 Å². The van der Waals surface area contributed by atoms with Crippen molar-refractivity contribution in [3.8, 4) is 0 Å². The lowest BCUT2D eigenvalue weighted by Gasteiger charge is -2.15. The quantitative estimate of drug-likeness (QED) is 0.808. The van der Waals surface area contributed by atoms with E-state index >= 15 is 0 Å². The molecule has 102 valence electrons. The number of nitrogens with zero attached hydrogens (tertiary/aromatic N) is 2. The molecule has 0 spiro atoms. The van der Waals surface area contributed by atoms with Crippen LogP contribution in [0.1, 0.15) is 15.2 Å². The number of fused-ring (bicyclic) bond motifs is 1. The van der Waals surface area contributed by atoms with Crippen molar-refractivity contribution in [1.29, 1.82) is 0 Å². The summed E-state index contributed by atoms with van der Waals surface area (Å²) in [5.74, 6) is -0.0586. The van der Waals surface area contributed by atoms with Crippen LogP contribution in [0.4, 0.5) is 5.69 Å². The van der Waals surface area contributed by atoms with Crippen LogP contribution in [-0.2, 0) is 6.54 Å². The SMILES string of the molecule is CN(Cc1ccsc1)C(=O)c1sc2ncccc2c1N. The number of aromatic nitrogens is 1. The van der Waals surface area contributed by atoms with Crippen LogP contribution < -0.4 is 5.73 Å². The Balaban J connectivity index is 1.90. The molecule has 0 saturated carbocycles. The molecule has 3 aromatic heterocycles. The topological polar surface area (TPSA) is 59.2 Å². The molecule has 0 bridgehead atoms. The number of pyridine rings is 1. The van der Waals surface area contributed by atoms with Crippen LogP contribution >= 0.6 is 22.7 Å². The number of nitrogens with two attached hydrogens (primary N) is 1. The van der Waals surface area contributed by atoms with Crippen molar-refractivity contribution >= 4 is 44.5 Å². The molecule has 4 nitrogen and oxygen atoms in total. The van der Waals surface area contributed by atoms with Crippen LogP contribution in [-0.4, -0.2) is 22.8 Å². The van der Waals surface area contributed by atoms with Gasteiger partial charge < -0.3 is 10.6 Å². The van der Waals surface area contributed by atoms with Gasteiger partial charge in [0.15, 0.2) is 0 Å². The average molecular weight is 303 g/mol. The van der Waals surface area contributed by atoms with E-state index in [1.807, 2.05) is 29.0 Å². The molecule has 0 aliphatic carbocycles. The van der Waals surface area contributed by atoms with Crippen LogP contribution in [0.15, 0.2) is 35.2 Å². The minimum absolute atomic E-state index is 0.0586. The molecule has 1 amide bonds. The molecular formula is C14H13N3OS2. The fourth-order valence-electron chi connectivity index (χ4n) is 2.01. The van der Waals surface area contributed by atoms with Crippen molar-refractivity contribution in [1.82, 2.24) is 9.88 Å². The summed E-state index contributed by atoms with van der Waals surface area (Å²) in [5.41, 5.74) is 7.73. The maximum atomic E-state index is 12.5. The minimum atomic E-state index is -0.0586. The lowest BCUT2D eigenvalue weighted by molar-refractivity contribution is 0.0791. The molecule has 0 aromatic carbocycles. The molecule has 0 aliphatic rings. The van der Waals surface area contributed by atoms with E-state index in [1.165, 1.54) is 11.3 Å². The van der Waals surface area contributed by atoms with E-state index in [1.54, 1.807) is 29.5 Å². The fraction of sp³-hybridized carbons (Fsp3) is 0.143. The Morgan fingerprint density at radius 2 is 2.30 bits per heavy atom. The first kappa shape index (κ1) is 13.1. The number of hydrogen-bond donors (Lipinski definition) is 1. The van der Waals surface area contributed by atoms with E-state index in [2.05, 4.69) is 4.98 Å². The number of carbonyl (C=O) groups is 1. The van der Waals surface area contributed by atoms with Gasteiger partial charge in [-0.3, -0.25) is 4.79 Å². The third kappa shape index (κ3) is 2.28. The lowest BCUT2D eigenvalue weighted by atomic mass is 10.2. The summed E-state index contributed by atoms with van der Waals surface area (Å²) in [4.78, 5) is 19.8. The van der Waals surface area contributed by atoms with E-state index in [-0.39, 0.29) is 5.91 Å². The van der Waals surface area contributed by atoms with Gasteiger partial charge in [0.05, 0.1) is 5.69 Å². The molecule has 0 unspecified atom stereocenters. The molecule has 0 atom stereocenters. The Kier molecular flexibility index (Phi) is 3.42. The molecule has 0 aliphatic heterocycles. The van der Waals surface area contributed by atoms with Gasteiger partial charge in [0.25, 0.3) is 5.91 Å². The minimum Gasteiger partial charge on any atom is -0.397 e. The van der Waals surface area contributed by atoms with Crippen molar-refractivity contribution in [2.45, 2.75) is 6.54 Å². The summed E-state index contributed by atoms with van der Waals surface area (Å²) >= 11 is 2.97. The molecule has 20 heavy (non-hydrogen) atoms. The zero-order valence-corrected chi connectivity index (χ0v) is 12.5. The van der Waals surface area contributed by atoms with Gasteiger partial charge >= 0.3 is 0 Å². The molecule has 3 heterocycles. The number of anilines is 1. The molecule has 0 fully saturated rings. The fourth-order valence-corrected chi connectivity index (χ4v) is 3.73. The van der Waals surface area contributed by atoms with Crippen LogP contribution in [0, 0.1) is 0 Å². The maximum absolute atomic E-state index is 12.5. The number of hydrogen-bond acceptors (Lipinski definition) is 5. The Bertz CT molecular complexity index is 749. The van der Waals surface area contributed by atoms with Gasteiger partial charge in [-0.25, -0.2) is 4.98 Å². The van der Waals surface area contributed by atoms with Gasteiger partial charge in [-0.15, -0.1) is 11.3 Å². The molecule has 3 aromatic rings. The standard InChI is InChI=1S/C14H13N3OS2/c1-17(7-9-4-6-19-8-9)14(18)12-11(15)10-3-2-5-16-13(10)20-12/h2-6,8H,7,15H2,1H3. The number of thiophene rings is 2. The predicted molar refractivity (Wildman–Crippen MR) is 84.1 cm³/mol. The number of carbonyl (C=O) groups excluding carboxylic acids is 1. The molecule has 6 heteroatoms. The van der Waals surface area contributed by atoms with Crippen LogP contribution in [0.25, 0.3) is 10.2 Å². The maximum Gasteiger partial charge on any atom is 0.266 e. The Hall–Kier alpha value is -1.92. The zero-order valence-electron chi connectivity index (χ0n) is 10.9. The van der Waals surface area contributed by atoms with Gasteiger partial charge in [-0.1, -0.05) is 0 Å². The number of amides is 1. The zero-order chi connectivity index (χ0) is 14.1. The second-order valence-corrected chi connectivity index (χ2v) is 6.27. The van der Waals surface area contributed by atoms with Gasteiger partial charge in [0.2, 0.25) is 0 Å². The first-order valence-electron chi connectivity index (χ1n) is 6.06. The highest BCUT2D eigenvalue weighted by molar-refractivity contribution is 7.21. The third-order valence-electron chi connectivity index (χ3n) is 3.05. The predicted octanol–water partition coefficient (Wildman–Crippen LogP) is 3.21. The van der Waals surface area contributed by atoms with Crippen LogP contribution in [0.3, 0.4) is 0 Å². The summed E-state index contributed by atoms with van der Waals surface area (Å²) < 4.78 is 0. The second-order valence-electron chi connectivity index (χ2n) is 4.49. The molecule has 0 saturated heterocycles. The molecule has 0 radical (unpaired) electrons. The molecular weight excluding hydrogens is 290 g/mol. The van der Waals surface area contributed by atoms with Gasteiger partial charge in [0.1, 0.15) is 9.71 Å². The summed E-state index contributed by atoms with van der Waals surface area (Å²) in [6.07, 6.45) is 1.71. The Labute approximate surface area is 124 Å². The number of nitrogen functional groups attached to an aromatic ring is 1. The van der Waals surface area contributed by atoms with Gasteiger partial charge in [0, 0.05) is 25.2 Å². The van der Waals surface area contributed by atoms with Crippen molar-refractivity contribution in [2.75, 3.05) is 12.8 Å². The molecule has 2 N–H and O–H groups in total. The van der Waals surface area contributed by atoms with Crippen molar-refractivity contribution in [2.24, 2.45) is 0 Å². The first-order chi connectivity index (χ1) is 9.66. The third-order valence-corrected chi connectivity index (χ3v) is 4.89. The highest BCUT2D eigenvalue weighted by Gasteiger charge is 2.20. The summed E-state index contributed by atoms with van der Waals surface area (Å²) in [6.45, 7) is 0.587. The van der Waals surface area contributed by atoms with Crippen molar-refractivity contribution < 1.29 is 4.79 Å². The van der Waals surface area contributed by atoms with E-state index < -0.39 is 0 Å². The van der Waals surface area contributed by atoms with Crippen molar-refractivity contribution in [3.05, 3.63) is 45.6 Å². The highest BCUT2D eigenvalue weighted by Crippen LogP contribution is 2.32. The second kappa shape index (κ2) is 5.22. The van der Waals surface area contributed by atoms with E-state index in [9.17, 15) is 4.79 Å². The smallest absolute Gasteiger partial charge is 0.266 e. The highest BCUT2D eigenvalue weighted by atomic mass is 32.1. The van der Waals surface area contributed by atoms with Crippen LogP contribution in [0.5, 0.6) is 0 Å². The summed E-state index contributed by atoms with van der Waals surface area (Å²) in [5, 5.41) is 4.90. The Morgan fingerprint density at radius 1 is 1.45 bits per heavy atom. The lowest BCUT2D eigenvalue weighted by Crippen LogP contribution is -2.25. The monoisotopic (exact) mass is 303 g/mol. The average Bonchev–Trinajstić information content (AvgIpc) is 3.07. The summed E-state index contributed by atoms with van der Waals surface area (Å²) in [7, 11) is 1.79. The van der Waals surface area contributed by atoms with Gasteiger partial charge in [-0.2, -0.15) is 11.3 Å². The largest absolute Gasteiger partial charge is 0.397 e. The number of rotatable bonds is 3. The Morgan fingerprint density at radius 3 is 3.00 bits per heavy atom. The van der Waals surface area contributed by atoms with E-state index in [0.717, 1.165) is 15.8 Å². The first-order valence-corrected chi connectivity index (χ1v) is 7.82. The van der Waals surface area contributed by atoms with E-state index in [4.69, 9.17) is 5.73 Å². The van der Waals surface area contributed by atoms with Gasteiger partial charge in [-0.05, 0) is 34.5 Å². The van der Waals surface area contributed by atoms with Crippen LogP contribution in [0.2, 0.25) is 0 Å². The normalized spacial score (nSPS) is 10.8. The summed E-state index contributed by atoms with van der Waals surface area (Å²) in [6, 6.07) is 5.74.